The van der Waals surface area contributed by atoms with Crippen LogP contribution in [0, 0.1) is 13.8 Å². The Morgan fingerprint density at radius 2 is 1.96 bits per heavy atom. The number of anilines is 1. The largest absolute Gasteiger partial charge is 0.329 e. The second-order valence-electron chi connectivity index (χ2n) is 6.09. The predicted octanol–water partition coefficient (Wildman–Crippen LogP) is 4.03. The number of nitrogens with one attached hydrogen (secondary N) is 1. The van der Waals surface area contributed by atoms with Crippen molar-refractivity contribution < 1.29 is 9.59 Å². The van der Waals surface area contributed by atoms with Crippen LogP contribution in [0.2, 0.25) is 0 Å². The van der Waals surface area contributed by atoms with Gasteiger partial charge in [0.05, 0.1) is 5.69 Å². The molecule has 1 N–H and O–H groups in total. The van der Waals surface area contributed by atoms with Crippen molar-refractivity contribution in [3.8, 4) is 0 Å². The van der Waals surface area contributed by atoms with Crippen LogP contribution in [0.1, 0.15) is 47.8 Å². The Morgan fingerprint density at radius 1 is 1.20 bits per heavy atom. The monoisotopic (exact) mass is 359 g/mol. The molecule has 0 unspecified atom stereocenters. The Morgan fingerprint density at radius 3 is 2.60 bits per heavy atom. The molecular formula is C19H25N3O2S. The summed E-state index contributed by atoms with van der Waals surface area (Å²) in [6.45, 7) is 6.52. The van der Waals surface area contributed by atoms with E-state index in [1.54, 1.807) is 4.90 Å². The molecule has 0 fully saturated rings. The van der Waals surface area contributed by atoms with Crippen LogP contribution in [0.4, 0.5) is 5.13 Å². The predicted molar refractivity (Wildman–Crippen MR) is 102 cm³/mol. The van der Waals surface area contributed by atoms with Gasteiger partial charge in [-0.25, -0.2) is 4.98 Å². The average molecular weight is 359 g/mol. The lowest BCUT2D eigenvalue weighted by molar-refractivity contribution is -0.116. The Hall–Kier alpha value is -2.21. The number of rotatable bonds is 8. The van der Waals surface area contributed by atoms with E-state index in [2.05, 4.69) is 17.2 Å². The molecule has 0 aliphatic heterocycles. The lowest BCUT2D eigenvalue weighted by Gasteiger charge is -2.23. The molecule has 1 heterocycles. The van der Waals surface area contributed by atoms with E-state index >= 15 is 0 Å². The summed E-state index contributed by atoms with van der Waals surface area (Å²) in [7, 11) is 0. The van der Waals surface area contributed by atoms with Gasteiger partial charge >= 0.3 is 0 Å². The molecule has 0 radical (unpaired) electrons. The van der Waals surface area contributed by atoms with Crippen molar-refractivity contribution >= 4 is 28.3 Å². The molecule has 0 saturated carbocycles. The van der Waals surface area contributed by atoms with Crippen LogP contribution in [0.3, 0.4) is 0 Å². The molecule has 2 amide bonds. The number of carbonyl (C=O) groups is 2. The van der Waals surface area contributed by atoms with Gasteiger partial charge in [0.2, 0.25) is 5.91 Å². The summed E-state index contributed by atoms with van der Waals surface area (Å²) in [6, 6.07) is 7.48. The van der Waals surface area contributed by atoms with Crippen molar-refractivity contribution in [2.45, 2.75) is 40.0 Å². The first kappa shape index (κ1) is 19.1. The third-order valence-electron chi connectivity index (χ3n) is 3.89. The van der Waals surface area contributed by atoms with Crippen LogP contribution in [-0.4, -0.2) is 34.8 Å². The molecule has 0 atom stereocenters. The summed E-state index contributed by atoms with van der Waals surface area (Å²) in [5.74, 6) is -0.313. The van der Waals surface area contributed by atoms with Gasteiger partial charge in [0.25, 0.3) is 5.91 Å². The van der Waals surface area contributed by atoms with E-state index in [1.165, 1.54) is 11.3 Å². The molecule has 1 aromatic heterocycles. The molecule has 5 nitrogen and oxygen atoms in total. The number of aromatic nitrogens is 1. The zero-order valence-electron chi connectivity index (χ0n) is 15.0. The molecule has 0 aliphatic rings. The molecule has 2 rings (SSSR count). The van der Waals surface area contributed by atoms with E-state index in [-0.39, 0.29) is 18.4 Å². The Kier molecular flexibility index (Phi) is 7.13. The van der Waals surface area contributed by atoms with E-state index in [0.29, 0.717) is 17.2 Å². The average Bonchev–Trinajstić information content (AvgIpc) is 2.98. The number of benzene rings is 1. The zero-order valence-corrected chi connectivity index (χ0v) is 15.9. The topological polar surface area (TPSA) is 62.3 Å². The lowest BCUT2D eigenvalue weighted by atomic mass is 10.1. The lowest BCUT2D eigenvalue weighted by Crippen LogP contribution is -2.39. The molecule has 1 aromatic carbocycles. The third kappa shape index (κ3) is 5.67. The fourth-order valence-corrected chi connectivity index (χ4v) is 3.24. The van der Waals surface area contributed by atoms with E-state index in [1.807, 2.05) is 43.5 Å². The first-order valence-electron chi connectivity index (χ1n) is 8.58. The normalized spacial score (nSPS) is 10.5. The minimum atomic E-state index is -0.215. The minimum Gasteiger partial charge on any atom is -0.329 e. The zero-order chi connectivity index (χ0) is 18.2. The number of unbranched alkanes of at least 4 members (excludes halogenated alkanes) is 2. The standard InChI is InChI=1S/C19H25N3O2S/c1-4-5-8-11-22(18(24)16-10-7-6-9-14(16)2)12-17(23)21-19-20-15(3)13-25-19/h6-7,9-10,13H,4-5,8,11-12H2,1-3H3,(H,20,21,23). The minimum absolute atomic E-state index is 0.0372. The summed E-state index contributed by atoms with van der Waals surface area (Å²) in [6.07, 6.45) is 2.99. The number of carbonyl (C=O) groups excluding carboxylic acids is 2. The summed E-state index contributed by atoms with van der Waals surface area (Å²) < 4.78 is 0. The number of hydrogen-bond donors (Lipinski definition) is 1. The maximum absolute atomic E-state index is 12.9. The maximum Gasteiger partial charge on any atom is 0.254 e. The van der Waals surface area contributed by atoms with Gasteiger partial charge in [0.1, 0.15) is 6.54 Å². The Labute approximate surface area is 153 Å². The van der Waals surface area contributed by atoms with Gasteiger partial charge in [-0.2, -0.15) is 0 Å². The van der Waals surface area contributed by atoms with Crippen LogP contribution < -0.4 is 5.32 Å². The van der Waals surface area contributed by atoms with Crippen molar-refractivity contribution in [3.05, 3.63) is 46.5 Å². The highest BCUT2D eigenvalue weighted by Crippen LogP contribution is 2.15. The first-order valence-corrected chi connectivity index (χ1v) is 9.46. The molecule has 134 valence electrons. The van der Waals surface area contributed by atoms with E-state index < -0.39 is 0 Å². The van der Waals surface area contributed by atoms with Gasteiger partial charge in [-0.3, -0.25) is 9.59 Å². The van der Waals surface area contributed by atoms with Crippen molar-refractivity contribution in [1.29, 1.82) is 0 Å². The smallest absolute Gasteiger partial charge is 0.254 e. The van der Waals surface area contributed by atoms with Crippen LogP contribution in [0.15, 0.2) is 29.6 Å². The highest BCUT2D eigenvalue weighted by atomic mass is 32.1. The van der Waals surface area contributed by atoms with E-state index in [9.17, 15) is 9.59 Å². The second-order valence-corrected chi connectivity index (χ2v) is 6.95. The fraction of sp³-hybridized carbons (Fsp3) is 0.421. The number of nitrogens with zero attached hydrogens (tertiary/aromatic N) is 2. The van der Waals surface area contributed by atoms with Crippen molar-refractivity contribution in [3.63, 3.8) is 0 Å². The molecule has 6 heteroatoms. The fourth-order valence-electron chi connectivity index (χ4n) is 2.53. The van der Waals surface area contributed by atoms with Crippen LogP contribution >= 0.6 is 11.3 Å². The van der Waals surface area contributed by atoms with Gasteiger partial charge in [0, 0.05) is 17.5 Å². The van der Waals surface area contributed by atoms with Crippen molar-refractivity contribution in [2.75, 3.05) is 18.4 Å². The summed E-state index contributed by atoms with van der Waals surface area (Å²) in [5, 5.41) is 5.23. The van der Waals surface area contributed by atoms with Crippen LogP contribution in [0.25, 0.3) is 0 Å². The number of aryl methyl sites for hydroxylation is 2. The van der Waals surface area contributed by atoms with Crippen molar-refractivity contribution in [2.24, 2.45) is 0 Å². The molecule has 25 heavy (non-hydrogen) atoms. The summed E-state index contributed by atoms with van der Waals surface area (Å²) in [5.41, 5.74) is 2.44. The van der Waals surface area contributed by atoms with E-state index in [4.69, 9.17) is 0 Å². The molecular weight excluding hydrogens is 334 g/mol. The maximum atomic E-state index is 12.9. The molecule has 0 aliphatic carbocycles. The highest BCUT2D eigenvalue weighted by molar-refractivity contribution is 7.13. The summed E-state index contributed by atoms with van der Waals surface area (Å²) >= 11 is 1.39. The third-order valence-corrected chi connectivity index (χ3v) is 4.77. The highest BCUT2D eigenvalue weighted by Gasteiger charge is 2.20. The molecule has 2 aromatic rings. The van der Waals surface area contributed by atoms with E-state index in [0.717, 1.165) is 30.5 Å². The SMILES string of the molecule is CCCCCN(CC(=O)Nc1nc(C)cs1)C(=O)c1ccccc1C. The quantitative estimate of drug-likeness (QED) is 0.724. The second kappa shape index (κ2) is 9.32. The molecule has 0 saturated heterocycles. The Bertz CT molecular complexity index is 727. The summed E-state index contributed by atoms with van der Waals surface area (Å²) in [4.78, 5) is 31.1. The van der Waals surface area contributed by atoms with Crippen molar-refractivity contribution in [1.82, 2.24) is 9.88 Å². The number of hydrogen-bond acceptors (Lipinski definition) is 4. The van der Waals surface area contributed by atoms with Gasteiger partial charge in [-0.1, -0.05) is 38.0 Å². The Balaban J connectivity index is 2.07. The molecule has 0 spiro atoms. The molecule has 0 bridgehead atoms. The van der Waals surface area contributed by atoms with Crippen LogP contribution in [0.5, 0.6) is 0 Å². The van der Waals surface area contributed by atoms with Gasteiger partial charge in [-0.05, 0) is 31.9 Å². The van der Waals surface area contributed by atoms with Gasteiger partial charge in [-0.15, -0.1) is 11.3 Å². The van der Waals surface area contributed by atoms with Crippen LogP contribution in [-0.2, 0) is 4.79 Å². The number of thiazole rings is 1. The van der Waals surface area contributed by atoms with Gasteiger partial charge < -0.3 is 10.2 Å². The van der Waals surface area contributed by atoms with Gasteiger partial charge in [0.15, 0.2) is 5.13 Å². The first-order chi connectivity index (χ1) is 12.0. The number of amides is 2.